The Bertz CT molecular complexity index is 547. The van der Waals surface area contributed by atoms with Crippen LogP contribution in [0.2, 0.25) is 0 Å². The summed E-state index contributed by atoms with van der Waals surface area (Å²) in [5, 5.41) is 10.2. The molecular formula is C15H23N3O2S. The number of aromatic nitrogens is 1. The Hall–Kier alpha value is -1.14. The van der Waals surface area contributed by atoms with Crippen LogP contribution in [-0.2, 0) is 0 Å². The fourth-order valence-electron chi connectivity index (χ4n) is 3.11. The third-order valence-corrected chi connectivity index (χ3v) is 6.06. The molecular weight excluding hydrogens is 286 g/mol. The first-order valence-corrected chi connectivity index (χ1v) is 8.37. The van der Waals surface area contributed by atoms with Crippen LogP contribution < -0.4 is 4.90 Å². The minimum atomic E-state index is -0.833. The van der Waals surface area contributed by atoms with Gasteiger partial charge in [0.25, 0.3) is 0 Å². The highest BCUT2D eigenvalue weighted by atomic mass is 32.1. The van der Waals surface area contributed by atoms with E-state index in [1.165, 1.54) is 30.6 Å². The van der Waals surface area contributed by atoms with E-state index in [-0.39, 0.29) is 5.54 Å². The Morgan fingerprint density at radius 1 is 1.38 bits per heavy atom. The summed E-state index contributed by atoms with van der Waals surface area (Å²) in [7, 11) is 6.30. The minimum absolute atomic E-state index is 0.226. The van der Waals surface area contributed by atoms with Crippen molar-refractivity contribution in [3.05, 3.63) is 10.6 Å². The molecule has 0 radical (unpaired) electrons. The van der Waals surface area contributed by atoms with Crippen LogP contribution in [0.4, 0.5) is 5.13 Å². The first-order valence-electron chi connectivity index (χ1n) is 7.55. The van der Waals surface area contributed by atoms with Gasteiger partial charge in [0.1, 0.15) is 4.88 Å². The van der Waals surface area contributed by atoms with Crippen molar-refractivity contribution in [3.63, 3.8) is 0 Å². The average Bonchev–Trinajstić information content (AvgIpc) is 3.11. The highest BCUT2D eigenvalue weighted by Gasteiger charge is 2.41. The average molecular weight is 309 g/mol. The molecule has 0 unspecified atom stereocenters. The van der Waals surface area contributed by atoms with Gasteiger partial charge in [0.05, 0.1) is 5.69 Å². The third-order valence-electron chi connectivity index (χ3n) is 4.89. The number of carboxylic acids is 1. The number of thiazole rings is 1. The molecule has 3 rings (SSSR count). The molecule has 2 fully saturated rings. The van der Waals surface area contributed by atoms with Crippen molar-refractivity contribution >= 4 is 22.4 Å². The first kappa shape index (κ1) is 14.8. The summed E-state index contributed by atoms with van der Waals surface area (Å²) in [6, 6.07) is 0. The van der Waals surface area contributed by atoms with Crippen molar-refractivity contribution in [3.8, 4) is 0 Å². The lowest BCUT2D eigenvalue weighted by molar-refractivity contribution is 0.0683. The summed E-state index contributed by atoms with van der Waals surface area (Å²) >= 11 is 1.33. The standard InChI is InChI=1S/C15H23N3O2S/c1-17(2)15(7-4-8-15)9-18(3)14-16-11(10-5-6-10)12(21-14)13(19)20/h10H,4-9H2,1-3H3,(H,19,20). The van der Waals surface area contributed by atoms with E-state index in [1.54, 1.807) is 0 Å². The van der Waals surface area contributed by atoms with Gasteiger partial charge in [-0.25, -0.2) is 9.78 Å². The highest BCUT2D eigenvalue weighted by molar-refractivity contribution is 7.17. The number of anilines is 1. The lowest BCUT2D eigenvalue weighted by Crippen LogP contribution is -2.56. The molecule has 6 heteroatoms. The van der Waals surface area contributed by atoms with E-state index in [1.807, 2.05) is 7.05 Å². The molecule has 1 N–H and O–H groups in total. The predicted octanol–water partition coefficient (Wildman–Crippen LogP) is 2.64. The normalized spacial score (nSPS) is 20.4. The monoisotopic (exact) mass is 309 g/mol. The lowest BCUT2D eigenvalue weighted by atomic mass is 9.75. The number of carboxylic acid groups (broad SMARTS) is 1. The van der Waals surface area contributed by atoms with E-state index < -0.39 is 5.97 Å². The maximum Gasteiger partial charge on any atom is 0.347 e. The predicted molar refractivity (Wildman–Crippen MR) is 84.6 cm³/mol. The van der Waals surface area contributed by atoms with Gasteiger partial charge < -0.3 is 14.9 Å². The van der Waals surface area contributed by atoms with Crippen molar-refractivity contribution in [1.29, 1.82) is 0 Å². The van der Waals surface area contributed by atoms with E-state index in [4.69, 9.17) is 0 Å². The van der Waals surface area contributed by atoms with E-state index in [9.17, 15) is 9.90 Å². The zero-order valence-corrected chi connectivity index (χ0v) is 13.7. The van der Waals surface area contributed by atoms with Crippen LogP contribution in [0.3, 0.4) is 0 Å². The van der Waals surface area contributed by atoms with Gasteiger partial charge in [-0.05, 0) is 46.2 Å². The fraction of sp³-hybridized carbons (Fsp3) is 0.733. The Kier molecular flexibility index (Phi) is 3.69. The largest absolute Gasteiger partial charge is 0.477 e. The maximum absolute atomic E-state index is 11.4. The second-order valence-electron chi connectivity index (χ2n) is 6.62. The molecule has 1 heterocycles. The molecule has 0 spiro atoms. The molecule has 1 aromatic heterocycles. The topological polar surface area (TPSA) is 56.7 Å². The quantitative estimate of drug-likeness (QED) is 0.875. The molecule has 5 nitrogen and oxygen atoms in total. The van der Waals surface area contributed by atoms with E-state index in [0.717, 1.165) is 30.2 Å². The molecule has 2 saturated carbocycles. The number of likely N-dealkylation sites (N-methyl/N-ethyl adjacent to an activating group) is 2. The van der Waals surface area contributed by atoms with Crippen LogP contribution in [-0.4, -0.2) is 54.2 Å². The summed E-state index contributed by atoms with van der Waals surface area (Å²) in [6.07, 6.45) is 5.84. The van der Waals surface area contributed by atoms with Gasteiger partial charge in [0.15, 0.2) is 5.13 Å². The number of rotatable bonds is 6. The zero-order chi connectivity index (χ0) is 15.2. The molecule has 2 aliphatic rings. The minimum Gasteiger partial charge on any atom is -0.477 e. The van der Waals surface area contributed by atoms with Crippen LogP contribution in [0.1, 0.15) is 53.4 Å². The van der Waals surface area contributed by atoms with Crippen molar-refractivity contribution in [2.24, 2.45) is 0 Å². The molecule has 2 aliphatic carbocycles. The van der Waals surface area contributed by atoms with Crippen LogP contribution in [0.15, 0.2) is 0 Å². The highest BCUT2D eigenvalue weighted by Crippen LogP contribution is 2.44. The first-order chi connectivity index (χ1) is 9.93. The lowest BCUT2D eigenvalue weighted by Gasteiger charge is -2.49. The van der Waals surface area contributed by atoms with Gasteiger partial charge in [-0.15, -0.1) is 0 Å². The third kappa shape index (κ3) is 2.66. The Labute approximate surface area is 129 Å². The number of nitrogens with zero attached hydrogens (tertiary/aromatic N) is 3. The van der Waals surface area contributed by atoms with Crippen molar-refractivity contribution in [2.45, 2.75) is 43.6 Å². The Balaban J connectivity index is 1.80. The van der Waals surface area contributed by atoms with Gasteiger partial charge in [0, 0.05) is 25.0 Å². The molecule has 1 aromatic rings. The molecule has 0 amide bonds. The summed E-state index contributed by atoms with van der Waals surface area (Å²) < 4.78 is 0. The number of hydrogen-bond acceptors (Lipinski definition) is 5. The van der Waals surface area contributed by atoms with Gasteiger partial charge >= 0.3 is 5.97 Å². The molecule has 21 heavy (non-hydrogen) atoms. The van der Waals surface area contributed by atoms with Gasteiger partial charge in [-0.2, -0.15) is 0 Å². The van der Waals surface area contributed by atoms with Crippen molar-refractivity contribution in [2.75, 3.05) is 32.6 Å². The van der Waals surface area contributed by atoms with Gasteiger partial charge in [-0.1, -0.05) is 11.3 Å². The second-order valence-corrected chi connectivity index (χ2v) is 7.60. The molecule has 0 aliphatic heterocycles. The molecule has 0 aromatic carbocycles. The van der Waals surface area contributed by atoms with Crippen molar-refractivity contribution < 1.29 is 9.90 Å². The maximum atomic E-state index is 11.4. The number of carbonyl (C=O) groups is 1. The van der Waals surface area contributed by atoms with Crippen LogP contribution >= 0.6 is 11.3 Å². The molecule has 0 atom stereocenters. The summed E-state index contributed by atoms with van der Waals surface area (Å²) in [5.41, 5.74) is 1.03. The SMILES string of the molecule is CN(CC1(N(C)C)CCC1)c1nc(C2CC2)c(C(=O)O)s1. The molecule has 0 saturated heterocycles. The smallest absolute Gasteiger partial charge is 0.347 e. The van der Waals surface area contributed by atoms with Gasteiger partial charge in [-0.3, -0.25) is 0 Å². The van der Waals surface area contributed by atoms with E-state index in [0.29, 0.717) is 10.8 Å². The van der Waals surface area contributed by atoms with Crippen molar-refractivity contribution in [1.82, 2.24) is 9.88 Å². The van der Waals surface area contributed by atoms with E-state index >= 15 is 0 Å². The number of hydrogen-bond donors (Lipinski definition) is 1. The zero-order valence-electron chi connectivity index (χ0n) is 12.9. The van der Waals surface area contributed by atoms with Crippen LogP contribution in [0.25, 0.3) is 0 Å². The molecule has 116 valence electrons. The van der Waals surface area contributed by atoms with Gasteiger partial charge in [0.2, 0.25) is 0 Å². The Morgan fingerprint density at radius 3 is 2.48 bits per heavy atom. The van der Waals surface area contributed by atoms with Crippen LogP contribution in [0.5, 0.6) is 0 Å². The summed E-state index contributed by atoms with van der Waals surface area (Å²) in [6.45, 7) is 0.913. The summed E-state index contributed by atoms with van der Waals surface area (Å²) in [4.78, 5) is 20.9. The fourth-order valence-corrected chi connectivity index (χ4v) is 4.06. The second kappa shape index (κ2) is 5.25. The molecule has 0 bridgehead atoms. The van der Waals surface area contributed by atoms with Crippen LogP contribution in [0, 0.1) is 0 Å². The summed E-state index contributed by atoms with van der Waals surface area (Å²) in [5.74, 6) is -0.457. The Morgan fingerprint density at radius 2 is 2.05 bits per heavy atom. The van der Waals surface area contributed by atoms with E-state index in [2.05, 4.69) is 28.9 Å². The number of aromatic carboxylic acids is 1.